The first-order valence-corrected chi connectivity index (χ1v) is 8.96. The summed E-state index contributed by atoms with van der Waals surface area (Å²) in [6, 6.07) is 11.9. The van der Waals surface area contributed by atoms with Crippen molar-refractivity contribution < 1.29 is 9.18 Å². The SMILES string of the molecule is CCCN(Cc1ccc(C)cc1)C(=O)Cn1cnc2cc(F)ccc2c1=O. The second-order valence-corrected chi connectivity index (χ2v) is 6.64. The lowest BCUT2D eigenvalue weighted by Crippen LogP contribution is -2.36. The van der Waals surface area contributed by atoms with E-state index in [-0.39, 0.29) is 23.5 Å². The maximum absolute atomic E-state index is 13.3. The summed E-state index contributed by atoms with van der Waals surface area (Å²) in [4.78, 5) is 31.2. The molecule has 0 aliphatic rings. The summed E-state index contributed by atoms with van der Waals surface area (Å²) in [5, 5.41) is 0.298. The number of amides is 1. The first kappa shape index (κ1) is 18.8. The zero-order valence-electron chi connectivity index (χ0n) is 15.5. The molecule has 0 bridgehead atoms. The third-order valence-corrected chi connectivity index (χ3v) is 4.43. The van der Waals surface area contributed by atoms with Crippen molar-refractivity contribution in [2.45, 2.75) is 33.4 Å². The number of benzene rings is 2. The Morgan fingerprint density at radius 2 is 1.93 bits per heavy atom. The Labute approximate surface area is 157 Å². The van der Waals surface area contributed by atoms with E-state index in [9.17, 15) is 14.0 Å². The summed E-state index contributed by atoms with van der Waals surface area (Å²) in [5.41, 5.74) is 2.15. The molecule has 140 valence electrons. The van der Waals surface area contributed by atoms with Crippen molar-refractivity contribution in [3.63, 3.8) is 0 Å². The lowest BCUT2D eigenvalue weighted by atomic mass is 10.1. The van der Waals surface area contributed by atoms with Gasteiger partial charge in [-0.25, -0.2) is 9.37 Å². The quantitative estimate of drug-likeness (QED) is 0.672. The summed E-state index contributed by atoms with van der Waals surface area (Å²) >= 11 is 0. The number of aryl methyl sites for hydroxylation is 1. The zero-order valence-corrected chi connectivity index (χ0v) is 15.5. The fraction of sp³-hybridized carbons (Fsp3) is 0.286. The topological polar surface area (TPSA) is 55.2 Å². The highest BCUT2D eigenvalue weighted by Crippen LogP contribution is 2.10. The third-order valence-electron chi connectivity index (χ3n) is 4.43. The second kappa shape index (κ2) is 8.12. The van der Waals surface area contributed by atoms with Gasteiger partial charge in [0.1, 0.15) is 12.4 Å². The van der Waals surface area contributed by atoms with Crippen molar-refractivity contribution in [3.8, 4) is 0 Å². The highest BCUT2D eigenvalue weighted by molar-refractivity contribution is 5.79. The van der Waals surface area contributed by atoms with Gasteiger partial charge in [-0.2, -0.15) is 0 Å². The standard InChI is InChI=1S/C21H22FN3O2/c1-3-10-24(12-16-6-4-15(2)5-7-16)20(26)13-25-14-23-19-11-17(22)8-9-18(19)21(25)27/h4-9,11,14H,3,10,12-13H2,1-2H3. The van der Waals surface area contributed by atoms with Crippen molar-refractivity contribution in [1.29, 1.82) is 0 Å². The van der Waals surface area contributed by atoms with Crippen molar-refractivity contribution in [2.24, 2.45) is 0 Å². The average Bonchev–Trinajstić information content (AvgIpc) is 2.65. The Bertz CT molecular complexity index is 1010. The maximum atomic E-state index is 13.3. The van der Waals surface area contributed by atoms with Crippen LogP contribution < -0.4 is 5.56 Å². The molecule has 6 heteroatoms. The van der Waals surface area contributed by atoms with Crippen LogP contribution in [0.2, 0.25) is 0 Å². The van der Waals surface area contributed by atoms with Crippen LogP contribution >= 0.6 is 0 Å². The second-order valence-electron chi connectivity index (χ2n) is 6.64. The molecule has 0 aliphatic heterocycles. The van der Waals surface area contributed by atoms with Crippen molar-refractivity contribution in [1.82, 2.24) is 14.5 Å². The molecular weight excluding hydrogens is 345 g/mol. The number of halogens is 1. The molecule has 0 fully saturated rings. The van der Waals surface area contributed by atoms with Gasteiger partial charge in [0.15, 0.2) is 0 Å². The predicted octanol–water partition coefficient (Wildman–Crippen LogP) is 3.28. The van der Waals surface area contributed by atoms with Crippen molar-refractivity contribution >= 4 is 16.8 Å². The van der Waals surface area contributed by atoms with Gasteiger partial charge in [-0.05, 0) is 31.0 Å². The van der Waals surface area contributed by atoms with Crippen LogP contribution in [0, 0.1) is 12.7 Å². The summed E-state index contributed by atoms with van der Waals surface area (Å²) in [6.45, 7) is 5.03. The largest absolute Gasteiger partial charge is 0.337 e. The number of carbonyl (C=O) groups excluding carboxylic acids is 1. The van der Waals surface area contributed by atoms with E-state index < -0.39 is 5.82 Å². The summed E-state index contributed by atoms with van der Waals surface area (Å²) in [7, 11) is 0. The smallest absolute Gasteiger partial charge is 0.261 e. The number of nitrogens with zero attached hydrogens (tertiary/aromatic N) is 3. The van der Waals surface area contributed by atoms with E-state index in [4.69, 9.17) is 0 Å². The highest BCUT2D eigenvalue weighted by Gasteiger charge is 2.15. The van der Waals surface area contributed by atoms with Gasteiger partial charge in [0.2, 0.25) is 5.91 Å². The van der Waals surface area contributed by atoms with Gasteiger partial charge in [0.05, 0.1) is 17.2 Å². The molecule has 1 aromatic heterocycles. The lowest BCUT2D eigenvalue weighted by molar-refractivity contribution is -0.132. The molecule has 3 rings (SSSR count). The number of rotatable bonds is 6. The number of fused-ring (bicyclic) bond motifs is 1. The number of hydrogen-bond donors (Lipinski definition) is 0. The maximum Gasteiger partial charge on any atom is 0.261 e. The molecule has 2 aromatic carbocycles. The van der Waals surface area contributed by atoms with E-state index in [1.807, 2.05) is 38.1 Å². The van der Waals surface area contributed by atoms with Crippen molar-refractivity contribution in [3.05, 3.63) is 76.1 Å². The molecule has 1 heterocycles. The zero-order chi connectivity index (χ0) is 19.4. The molecular formula is C21H22FN3O2. The Kier molecular flexibility index (Phi) is 5.64. The molecule has 5 nitrogen and oxygen atoms in total. The molecule has 27 heavy (non-hydrogen) atoms. The van der Waals surface area contributed by atoms with Crippen LogP contribution in [-0.2, 0) is 17.9 Å². The fourth-order valence-corrected chi connectivity index (χ4v) is 2.97. The van der Waals surface area contributed by atoms with E-state index in [0.29, 0.717) is 18.5 Å². The molecule has 0 atom stereocenters. The van der Waals surface area contributed by atoms with Crippen LogP contribution in [0.15, 0.2) is 53.6 Å². The minimum atomic E-state index is -0.449. The molecule has 0 unspecified atom stereocenters. The fourth-order valence-electron chi connectivity index (χ4n) is 2.97. The molecule has 0 radical (unpaired) electrons. The van der Waals surface area contributed by atoms with Gasteiger partial charge in [0.25, 0.3) is 5.56 Å². The normalized spacial score (nSPS) is 10.9. The molecule has 0 saturated carbocycles. The molecule has 0 aliphatic carbocycles. The first-order chi connectivity index (χ1) is 13.0. The lowest BCUT2D eigenvalue weighted by Gasteiger charge is -2.23. The number of hydrogen-bond acceptors (Lipinski definition) is 3. The third kappa shape index (κ3) is 4.39. The summed E-state index contributed by atoms with van der Waals surface area (Å²) in [5.74, 6) is -0.599. The number of aromatic nitrogens is 2. The highest BCUT2D eigenvalue weighted by atomic mass is 19.1. The Morgan fingerprint density at radius 3 is 2.63 bits per heavy atom. The Morgan fingerprint density at radius 1 is 1.19 bits per heavy atom. The van der Waals surface area contributed by atoms with E-state index in [1.54, 1.807) is 4.90 Å². The molecule has 0 spiro atoms. The Hall–Kier alpha value is -3.02. The summed E-state index contributed by atoms with van der Waals surface area (Å²) in [6.07, 6.45) is 2.12. The monoisotopic (exact) mass is 367 g/mol. The van der Waals surface area contributed by atoms with Crippen LogP contribution in [0.1, 0.15) is 24.5 Å². The van der Waals surface area contributed by atoms with Crippen LogP contribution in [0.25, 0.3) is 10.9 Å². The van der Waals surface area contributed by atoms with Gasteiger partial charge in [-0.3, -0.25) is 14.2 Å². The van der Waals surface area contributed by atoms with E-state index in [1.165, 1.54) is 29.1 Å². The van der Waals surface area contributed by atoms with E-state index >= 15 is 0 Å². The molecule has 3 aromatic rings. The van der Waals surface area contributed by atoms with Crippen LogP contribution in [-0.4, -0.2) is 26.9 Å². The minimum Gasteiger partial charge on any atom is -0.337 e. The molecule has 1 amide bonds. The van der Waals surface area contributed by atoms with Gasteiger partial charge in [-0.1, -0.05) is 36.8 Å². The first-order valence-electron chi connectivity index (χ1n) is 8.96. The average molecular weight is 367 g/mol. The molecule has 0 saturated heterocycles. The van der Waals surface area contributed by atoms with E-state index in [0.717, 1.165) is 17.5 Å². The molecule has 0 N–H and O–H groups in total. The van der Waals surface area contributed by atoms with Crippen LogP contribution in [0.3, 0.4) is 0 Å². The number of carbonyl (C=O) groups is 1. The van der Waals surface area contributed by atoms with Gasteiger partial charge < -0.3 is 4.90 Å². The minimum absolute atomic E-state index is 0.0923. The summed E-state index contributed by atoms with van der Waals surface area (Å²) < 4.78 is 14.6. The predicted molar refractivity (Wildman–Crippen MR) is 103 cm³/mol. The van der Waals surface area contributed by atoms with Gasteiger partial charge >= 0.3 is 0 Å². The van der Waals surface area contributed by atoms with Crippen LogP contribution in [0.4, 0.5) is 4.39 Å². The van der Waals surface area contributed by atoms with Gasteiger partial charge in [-0.15, -0.1) is 0 Å². The van der Waals surface area contributed by atoms with E-state index in [2.05, 4.69) is 4.98 Å². The van der Waals surface area contributed by atoms with Gasteiger partial charge in [0, 0.05) is 19.2 Å². The van der Waals surface area contributed by atoms with Crippen molar-refractivity contribution in [2.75, 3.05) is 6.54 Å². The van der Waals surface area contributed by atoms with Crippen LogP contribution in [0.5, 0.6) is 0 Å². The Balaban J connectivity index is 1.82.